The molecule has 34 heavy (non-hydrogen) atoms. The zero-order chi connectivity index (χ0) is 24.1. The fourth-order valence-electron chi connectivity index (χ4n) is 4.16. The number of hydrogen-bond donors (Lipinski definition) is 1. The van der Waals surface area contributed by atoms with Crippen molar-refractivity contribution in [1.29, 1.82) is 0 Å². The number of benzene rings is 2. The molecule has 4 rings (SSSR count). The average molecular weight is 487 g/mol. The van der Waals surface area contributed by atoms with Gasteiger partial charge in [0.15, 0.2) is 0 Å². The molecule has 2 heterocycles. The normalized spacial score (nSPS) is 18.0. The molecule has 0 bridgehead atoms. The van der Waals surface area contributed by atoms with Gasteiger partial charge in [-0.05, 0) is 35.9 Å². The molecule has 2 fully saturated rings. The molecule has 2 amide bonds. The van der Waals surface area contributed by atoms with Crippen LogP contribution in [0.25, 0.3) is 0 Å². The van der Waals surface area contributed by atoms with Crippen LogP contribution in [0.15, 0.2) is 53.4 Å². The second kappa shape index (κ2) is 10.6. The molecule has 0 atom stereocenters. The quantitative estimate of drug-likeness (QED) is 0.666. The number of ether oxygens (including phenoxy) is 1. The lowest BCUT2D eigenvalue weighted by Gasteiger charge is -2.33. The lowest BCUT2D eigenvalue weighted by atomic mass is 10.1. The highest BCUT2D eigenvalue weighted by Crippen LogP contribution is 2.20. The maximum Gasteiger partial charge on any atom is 0.255 e. The van der Waals surface area contributed by atoms with Crippen molar-refractivity contribution >= 4 is 27.5 Å². The van der Waals surface area contributed by atoms with E-state index < -0.39 is 10.0 Å². The largest absolute Gasteiger partial charge is 0.379 e. The van der Waals surface area contributed by atoms with Crippen molar-refractivity contribution in [2.75, 3.05) is 57.8 Å². The van der Waals surface area contributed by atoms with E-state index >= 15 is 0 Å². The Labute approximate surface area is 200 Å². The van der Waals surface area contributed by atoms with Gasteiger partial charge in [-0.3, -0.25) is 14.5 Å². The monoisotopic (exact) mass is 486 g/mol. The summed E-state index contributed by atoms with van der Waals surface area (Å²) in [5, 5.41) is 2.88. The van der Waals surface area contributed by atoms with Crippen LogP contribution in [0.2, 0.25) is 0 Å². The number of piperazine rings is 1. The van der Waals surface area contributed by atoms with Gasteiger partial charge in [-0.15, -0.1) is 0 Å². The van der Waals surface area contributed by atoms with Crippen LogP contribution in [0, 0.1) is 0 Å². The number of carbonyl (C=O) groups is 2. The standard InChI is InChI=1S/C24H30N4O5S/c1-19(29)27-8-10-28(11-9-27)34(31,32)23-7-3-5-21(17-23)24(30)25-22-6-2-4-20(16-22)18-26-12-14-33-15-13-26/h2-7,16-17H,8-15,18H2,1H3,(H,25,30). The van der Waals surface area contributed by atoms with Crippen LogP contribution in [0.1, 0.15) is 22.8 Å². The summed E-state index contributed by atoms with van der Waals surface area (Å²) >= 11 is 0. The molecule has 182 valence electrons. The third-order valence-corrected chi connectivity index (χ3v) is 8.01. The minimum Gasteiger partial charge on any atom is -0.379 e. The molecule has 9 nitrogen and oxygen atoms in total. The second-order valence-corrected chi connectivity index (χ2v) is 10.4. The molecule has 0 aliphatic carbocycles. The second-order valence-electron chi connectivity index (χ2n) is 8.48. The summed E-state index contributed by atoms with van der Waals surface area (Å²) in [6, 6.07) is 13.7. The number of amides is 2. The fraction of sp³-hybridized carbons (Fsp3) is 0.417. The van der Waals surface area contributed by atoms with Gasteiger partial charge < -0.3 is 15.0 Å². The van der Waals surface area contributed by atoms with Gasteiger partial charge in [-0.1, -0.05) is 18.2 Å². The molecule has 0 radical (unpaired) electrons. The summed E-state index contributed by atoms with van der Waals surface area (Å²) in [5.74, 6) is -0.438. The summed E-state index contributed by atoms with van der Waals surface area (Å²) < 4.78 is 33.0. The topological polar surface area (TPSA) is 99.3 Å². The predicted octanol–water partition coefficient (Wildman–Crippen LogP) is 1.62. The van der Waals surface area contributed by atoms with Gasteiger partial charge in [0.2, 0.25) is 15.9 Å². The molecule has 2 aliphatic heterocycles. The minimum atomic E-state index is -3.76. The Kier molecular flexibility index (Phi) is 7.62. The Morgan fingerprint density at radius 1 is 0.941 bits per heavy atom. The van der Waals surface area contributed by atoms with Crippen molar-refractivity contribution in [2.24, 2.45) is 0 Å². The zero-order valence-corrected chi connectivity index (χ0v) is 20.1. The predicted molar refractivity (Wildman–Crippen MR) is 128 cm³/mol. The third-order valence-electron chi connectivity index (χ3n) is 6.11. The minimum absolute atomic E-state index is 0.0651. The summed E-state index contributed by atoms with van der Waals surface area (Å²) in [4.78, 5) is 28.4. The van der Waals surface area contributed by atoms with Crippen LogP contribution in [0.3, 0.4) is 0 Å². The van der Waals surface area contributed by atoms with E-state index in [2.05, 4.69) is 10.2 Å². The smallest absolute Gasteiger partial charge is 0.255 e. The maximum atomic E-state index is 13.1. The molecule has 2 saturated heterocycles. The molecule has 2 aromatic carbocycles. The van der Waals surface area contributed by atoms with Crippen molar-refractivity contribution < 1.29 is 22.7 Å². The molecule has 10 heteroatoms. The van der Waals surface area contributed by atoms with E-state index in [0.717, 1.165) is 38.4 Å². The first-order valence-corrected chi connectivity index (χ1v) is 12.8. The van der Waals surface area contributed by atoms with E-state index in [1.165, 1.54) is 23.4 Å². The molecule has 0 spiro atoms. The summed E-state index contributed by atoms with van der Waals surface area (Å²) in [7, 11) is -3.76. The lowest BCUT2D eigenvalue weighted by molar-refractivity contribution is -0.129. The molecule has 1 N–H and O–H groups in total. The number of morpholine rings is 1. The molecular formula is C24H30N4O5S. The number of rotatable bonds is 6. The summed E-state index contributed by atoms with van der Waals surface area (Å²) in [6.07, 6.45) is 0. The summed E-state index contributed by atoms with van der Waals surface area (Å²) in [6.45, 7) is 6.63. The van der Waals surface area contributed by atoms with Crippen molar-refractivity contribution in [2.45, 2.75) is 18.4 Å². The number of carbonyl (C=O) groups excluding carboxylic acids is 2. The Hall–Kier alpha value is -2.79. The van der Waals surface area contributed by atoms with Crippen LogP contribution in [-0.4, -0.2) is 86.8 Å². The maximum absolute atomic E-state index is 13.1. The number of nitrogens with one attached hydrogen (secondary N) is 1. The first-order chi connectivity index (χ1) is 16.3. The Bertz CT molecular complexity index is 1140. The Balaban J connectivity index is 1.43. The SMILES string of the molecule is CC(=O)N1CCN(S(=O)(=O)c2cccc(C(=O)Nc3cccc(CN4CCOCC4)c3)c2)CC1. The number of sulfonamides is 1. The molecular weight excluding hydrogens is 456 g/mol. The highest BCUT2D eigenvalue weighted by Gasteiger charge is 2.29. The van der Waals surface area contributed by atoms with E-state index in [9.17, 15) is 18.0 Å². The van der Waals surface area contributed by atoms with Crippen molar-refractivity contribution in [3.63, 3.8) is 0 Å². The highest BCUT2D eigenvalue weighted by molar-refractivity contribution is 7.89. The van der Waals surface area contributed by atoms with Gasteiger partial charge in [0.05, 0.1) is 18.1 Å². The van der Waals surface area contributed by atoms with Gasteiger partial charge >= 0.3 is 0 Å². The molecule has 2 aliphatic rings. The molecule has 0 saturated carbocycles. The number of anilines is 1. The van der Waals surface area contributed by atoms with Crippen LogP contribution < -0.4 is 5.32 Å². The number of nitrogens with zero attached hydrogens (tertiary/aromatic N) is 3. The van der Waals surface area contributed by atoms with Crippen LogP contribution in [0.4, 0.5) is 5.69 Å². The van der Waals surface area contributed by atoms with Gasteiger partial charge in [-0.25, -0.2) is 8.42 Å². The van der Waals surface area contributed by atoms with Gasteiger partial charge in [-0.2, -0.15) is 4.31 Å². The Morgan fingerprint density at radius 3 is 2.35 bits per heavy atom. The van der Waals surface area contributed by atoms with E-state index in [0.29, 0.717) is 18.8 Å². The lowest BCUT2D eigenvalue weighted by Crippen LogP contribution is -2.49. The average Bonchev–Trinajstić information content (AvgIpc) is 2.85. The first-order valence-electron chi connectivity index (χ1n) is 11.4. The fourth-order valence-corrected chi connectivity index (χ4v) is 5.63. The zero-order valence-electron chi connectivity index (χ0n) is 19.3. The summed E-state index contributed by atoms with van der Waals surface area (Å²) in [5.41, 5.74) is 2.01. The van der Waals surface area contributed by atoms with Gasteiger partial charge in [0.25, 0.3) is 5.91 Å². The molecule has 0 aromatic heterocycles. The van der Waals surface area contributed by atoms with Crippen LogP contribution >= 0.6 is 0 Å². The van der Waals surface area contributed by atoms with Gasteiger partial charge in [0.1, 0.15) is 0 Å². The van der Waals surface area contributed by atoms with E-state index in [4.69, 9.17) is 4.74 Å². The van der Waals surface area contributed by atoms with Crippen LogP contribution in [0.5, 0.6) is 0 Å². The van der Waals surface area contributed by atoms with E-state index in [1.807, 2.05) is 24.3 Å². The van der Waals surface area contributed by atoms with Gasteiger partial charge in [0, 0.05) is 64.0 Å². The highest BCUT2D eigenvalue weighted by atomic mass is 32.2. The van der Waals surface area contributed by atoms with Crippen molar-refractivity contribution in [3.8, 4) is 0 Å². The first kappa shape index (κ1) is 24.3. The molecule has 0 unspecified atom stereocenters. The Morgan fingerprint density at radius 2 is 1.65 bits per heavy atom. The van der Waals surface area contributed by atoms with Crippen molar-refractivity contribution in [3.05, 3.63) is 59.7 Å². The number of hydrogen-bond acceptors (Lipinski definition) is 6. The van der Waals surface area contributed by atoms with Crippen molar-refractivity contribution in [1.82, 2.24) is 14.1 Å². The van der Waals surface area contributed by atoms with Crippen LogP contribution in [-0.2, 0) is 26.1 Å². The molecule has 2 aromatic rings. The van der Waals surface area contributed by atoms with E-state index in [-0.39, 0.29) is 35.4 Å². The third kappa shape index (κ3) is 5.82. The van der Waals surface area contributed by atoms with E-state index in [1.54, 1.807) is 17.0 Å².